The zero-order valence-corrected chi connectivity index (χ0v) is 10.6. The van der Waals surface area contributed by atoms with Crippen molar-refractivity contribution < 1.29 is 0 Å². The number of nitrogens with zero attached hydrogens (tertiary/aromatic N) is 5. The van der Waals surface area contributed by atoms with Gasteiger partial charge in [0.15, 0.2) is 0 Å². The number of hydrogen-bond donors (Lipinski definition) is 1. The van der Waals surface area contributed by atoms with Gasteiger partial charge in [-0.05, 0) is 18.9 Å². The Labute approximate surface area is 111 Å². The summed E-state index contributed by atoms with van der Waals surface area (Å²) in [5, 5.41) is 0. The van der Waals surface area contributed by atoms with Crippen molar-refractivity contribution in [3.8, 4) is 0 Å². The third-order valence-corrected chi connectivity index (χ3v) is 3.41. The van der Waals surface area contributed by atoms with Gasteiger partial charge < -0.3 is 10.6 Å². The number of hydrogen-bond acceptors (Lipinski definition) is 6. The highest BCUT2D eigenvalue weighted by Crippen LogP contribution is 2.27. The molecule has 1 aliphatic rings. The Morgan fingerprint density at radius 3 is 2.95 bits per heavy atom. The van der Waals surface area contributed by atoms with Crippen LogP contribution in [0.5, 0.6) is 0 Å². The summed E-state index contributed by atoms with van der Waals surface area (Å²) in [4.78, 5) is 19.0. The van der Waals surface area contributed by atoms with Gasteiger partial charge in [-0.15, -0.1) is 0 Å². The van der Waals surface area contributed by atoms with Crippen LogP contribution in [0.2, 0.25) is 0 Å². The second-order valence-electron chi connectivity index (χ2n) is 4.69. The smallest absolute Gasteiger partial charge is 0.220 e. The summed E-state index contributed by atoms with van der Waals surface area (Å²) >= 11 is 0. The first kappa shape index (κ1) is 11.8. The quantitative estimate of drug-likeness (QED) is 0.870. The minimum atomic E-state index is 0.342. The maximum Gasteiger partial charge on any atom is 0.220 e. The summed E-state index contributed by atoms with van der Waals surface area (Å²) in [6, 6.07) is 1.95. The molecule has 2 N–H and O–H groups in total. The van der Waals surface area contributed by atoms with Crippen molar-refractivity contribution in [3.05, 3.63) is 36.5 Å². The van der Waals surface area contributed by atoms with E-state index in [2.05, 4.69) is 24.8 Å². The number of rotatable bonds is 2. The van der Waals surface area contributed by atoms with Crippen LogP contribution in [0.25, 0.3) is 0 Å². The van der Waals surface area contributed by atoms with Gasteiger partial charge >= 0.3 is 0 Å². The van der Waals surface area contributed by atoms with Crippen LogP contribution >= 0.6 is 0 Å². The minimum Gasteiger partial charge on any atom is -0.368 e. The van der Waals surface area contributed by atoms with Crippen LogP contribution in [0.15, 0.2) is 30.9 Å². The second-order valence-corrected chi connectivity index (χ2v) is 4.69. The summed E-state index contributed by atoms with van der Waals surface area (Å²) in [5.41, 5.74) is 6.67. The number of anilines is 2. The molecule has 0 bridgehead atoms. The molecule has 2 aromatic rings. The van der Waals surface area contributed by atoms with Gasteiger partial charge in [-0.3, -0.25) is 4.98 Å². The molecule has 98 valence electrons. The topological polar surface area (TPSA) is 80.8 Å². The van der Waals surface area contributed by atoms with Crippen LogP contribution in [0.1, 0.15) is 24.5 Å². The van der Waals surface area contributed by atoms with Crippen molar-refractivity contribution in [1.29, 1.82) is 0 Å². The zero-order valence-electron chi connectivity index (χ0n) is 10.6. The highest BCUT2D eigenvalue weighted by molar-refractivity contribution is 5.37. The van der Waals surface area contributed by atoms with Crippen LogP contribution in [0.3, 0.4) is 0 Å². The maximum atomic E-state index is 5.65. The number of aromatic nitrogens is 4. The number of nitrogen functional groups attached to an aromatic ring is 1. The van der Waals surface area contributed by atoms with Crippen molar-refractivity contribution in [2.45, 2.75) is 18.8 Å². The van der Waals surface area contributed by atoms with Crippen molar-refractivity contribution in [1.82, 2.24) is 19.9 Å². The SMILES string of the molecule is Nc1nccc([C@@H]2CCCN(c3cnccn3)C2)n1. The van der Waals surface area contributed by atoms with E-state index in [0.29, 0.717) is 11.9 Å². The summed E-state index contributed by atoms with van der Waals surface area (Å²) < 4.78 is 0. The molecule has 1 fully saturated rings. The standard InChI is InChI=1S/C13H16N6/c14-13-17-4-3-11(18-13)10-2-1-7-19(9-10)12-8-15-5-6-16-12/h3-6,8,10H,1-2,7,9H2,(H2,14,17,18)/t10-/m1/s1. The minimum absolute atomic E-state index is 0.342. The molecule has 6 nitrogen and oxygen atoms in total. The third kappa shape index (κ3) is 2.62. The Balaban J connectivity index is 1.78. The Kier molecular flexibility index (Phi) is 3.22. The van der Waals surface area contributed by atoms with Gasteiger partial charge in [0.05, 0.1) is 11.9 Å². The summed E-state index contributed by atoms with van der Waals surface area (Å²) in [7, 11) is 0. The van der Waals surface area contributed by atoms with Crippen molar-refractivity contribution in [3.63, 3.8) is 0 Å². The Bertz CT molecular complexity index is 544. The normalized spacial score (nSPS) is 19.4. The van der Waals surface area contributed by atoms with Crippen LogP contribution in [0.4, 0.5) is 11.8 Å². The lowest BCUT2D eigenvalue weighted by atomic mass is 9.94. The molecule has 6 heteroatoms. The van der Waals surface area contributed by atoms with E-state index >= 15 is 0 Å². The number of piperidine rings is 1. The molecule has 19 heavy (non-hydrogen) atoms. The second kappa shape index (κ2) is 5.17. The van der Waals surface area contributed by atoms with Gasteiger partial charge in [0, 0.05) is 37.6 Å². The Morgan fingerprint density at radius 2 is 2.16 bits per heavy atom. The molecule has 0 aliphatic carbocycles. The molecule has 1 atom stereocenters. The van der Waals surface area contributed by atoms with E-state index in [1.807, 2.05) is 6.07 Å². The van der Waals surface area contributed by atoms with Gasteiger partial charge in [-0.25, -0.2) is 15.0 Å². The van der Waals surface area contributed by atoms with Gasteiger partial charge in [-0.2, -0.15) is 0 Å². The Hall–Kier alpha value is -2.24. The largest absolute Gasteiger partial charge is 0.368 e. The van der Waals surface area contributed by atoms with Crippen LogP contribution in [-0.2, 0) is 0 Å². The van der Waals surface area contributed by atoms with Gasteiger partial charge in [0.2, 0.25) is 5.95 Å². The maximum absolute atomic E-state index is 5.65. The van der Waals surface area contributed by atoms with E-state index in [9.17, 15) is 0 Å². The number of nitrogens with two attached hydrogens (primary N) is 1. The van der Waals surface area contributed by atoms with Gasteiger partial charge in [0.25, 0.3) is 0 Å². The summed E-state index contributed by atoms with van der Waals surface area (Å²) in [5.74, 6) is 1.64. The van der Waals surface area contributed by atoms with Gasteiger partial charge in [-0.1, -0.05) is 0 Å². The summed E-state index contributed by atoms with van der Waals surface area (Å²) in [6.07, 6.45) is 9.17. The van der Waals surface area contributed by atoms with Crippen LogP contribution in [0, 0.1) is 0 Å². The average molecular weight is 256 g/mol. The van der Waals surface area contributed by atoms with E-state index < -0.39 is 0 Å². The van der Waals surface area contributed by atoms with Crippen LogP contribution < -0.4 is 10.6 Å². The molecule has 3 heterocycles. The molecule has 1 aliphatic heterocycles. The monoisotopic (exact) mass is 256 g/mol. The van der Waals surface area contributed by atoms with E-state index in [0.717, 1.165) is 37.4 Å². The zero-order chi connectivity index (χ0) is 13.1. The van der Waals surface area contributed by atoms with Crippen molar-refractivity contribution in [2.75, 3.05) is 23.7 Å². The third-order valence-electron chi connectivity index (χ3n) is 3.41. The fourth-order valence-electron chi connectivity index (χ4n) is 2.50. The van der Waals surface area contributed by atoms with E-state index in [1.165, 1.54) is 0 Å². The molecular weight excluding hydrogens is 240 g/mol. The molecule has 3 rings (SSSR count). The molecule has 0 radical (unpaired) electrons. The lowest BCUT2D eigenvalue weighted by molar-refractivity contribution is 0.498. The summed E-state index contributed by atoms with van der Waals surface area (Å²) in [6.45, 7) is 1.91. The molecule has 2 aromatic heterocycles. The molecule has 1 saturated heterocycles. The molecule has 0 saturated carbocycles. The predicted octanol–water partition coefficient (Wildman–Crippen LogP) is 1.23. The lowest BCUT2D eigenvalue weighted by Crippen LogP contribution is -2.35. The molecule has 0 unspecified atom stereocenters. The first-order valence-corrected chi connectivity index (χ1v) is 6.42. The highest BCUT2D eigenvalue weighted by Gasteiger charge is 2.23. The average Bonchev–Trinajstić information content (AvgIpc) is 2.48. The van der Waals surface area contributed by atoms with E-state index in [4.69, 9.17) is 5.73 Å². The molecule has 0 amide bonds. The first-order chi connectivity index (χ1) is 9.33. The molecule has 0 spiro atoms. The van der Waals surface area contributed by atoms with Crippen molar-refractivity contribution >= 4 is 11.8 Å². The molecular formula is C13H16N6. The highest BCUT2D eigenvalue weighted by atomic mass is 15.2. The van der Waals surface area contributed by atoms with Crippen molar-refractivity contribution in [2.24, 2.45) is 0 Å². The van der Waals surface area contributed by atoms with E-state index in [1.54, 1.807) is 24.8 Å². The van der Waals surface area contributed by atoms with Crippen LogP contribution in [-0.4, -0.2) is 33.0 Å². The first-order valence-electron chi connectivity index (χ1n) is 6.42. The fraction of sp³-hybridized carbons (Fsp3) is 0.385. The fourth-order valence-corrected chi connectivity index (χ4v) is 2.50. The molecule has 0 aromatic carbocycles. The van der Waals surface area contributed by atoms with E-state index in [-0.39, 0.29) is 0 Å². The predicted molar refractivity (Wildman–Crippen MR) is 72.7 cm³/mol. The lowest BCUT2D eigenvalue weighted by Gasteiger charge is -2.33. The Morgan fingerprint density at radius 1 is 1.21 bits per heavy atom. The van der Waals surface area contributed by atoms with Gasteiger partial charge in [0.1, 0.15) is 5.82 Å².